The van der Waals surface area contributed by atoms with Crippen molar-refractivity contribution >= 4 is 27.9 Å². The van der Waals surface area contributed by atoms with Crippen molar-refractivity contribution in [1.82, 2.24) is 9.88 Å². The lowest BCUT2D eigenvalue weighted by atomic mass is 9.52. The van der Waals surface area contributed by atoms with E-state index in [-0.39, 0.29) is 28.9 Å². The Kier molecular flexibility index (Phi) is 6.03. The molecule has 0 saturated heterocycles. The molecule has 1 saturated carbocycles. The number of hydrogen-bond acceptors (Lipinski definition) is 5. The molecular formula is C32H39ClN2O3. The van der Waals surface area contributed by atoms with Gasteiger partial charge in [0.2, 0.25) is 0 Å². The Morgan fingerprint density at radius 3 is 2.63 bits per heavy atom. The number of rotatable bonds is 3. The highest BCUT2D eigenvalue weighted by Gasteiger charge is 2.61. The van der Waals surface area contributed by atoms with E-state index in [1.165, 1.54) is 11.1 Å². The van der Waals surface area contributed by atoms with E-state index in [9.17, 15) is 10.2 Å². The second-order valence-corrected chi connectivity index (χ2v) is 13.1. The van der Waals surface area contributed by atoms with Crippen LogP contribution in [0, 0.1) is 16.7 Å². The summed E-state index contributed by atoms with van der Waals surface area (Å²) in [6.45, 7) is 9.15. The lowest BCUT2D eigenvalue weighted by molar-refractivity contribution is -0.162. The summed E-state index contributed by atoms with van der Waals surface area (Å²) in [6, 6.07) is 8.36. The molecule has 5 nitrogen and oxygen atoms in total. The van der Waals surface area contributed by atoms with Crippen LogP contribution in [-0.2, 0) is 4.74 Å². The highest BCUT2D eigenvalue weighted by Crippen LogP contribution is 2.65. The lowest BCUT2D eigenvalue weighted by Crippen LogP contribution is -2.63. The minimum Gasteiger partial charge on any atom is -0.388 e. The first-order valence-corrected chi connectivity index (χ1v) is 14.2. The maximum absolute atomic E-state index is 11.3. The number of aliphatic hydroxyl groups is 2. The molecule has 2 N–H and O–H groups in total. The number of halogens is 1. The fraction of sp³-hybridized carbons (Fsp3) is 0.531. The van der Waals surface area contributed by atoms with E-state index in [1.807, 2.05) is 25.1 Å². The van der Waals surface area contributed by atoms with Gasteiger partial charge in [-0.2, -0.15) is 0 Å². The van der Waals surface area contributed by atoms with E-state index >= 15 is 0 Å². The number of aromatic nitrogens is 1. The van der Waals surface area contributed by atoms with Gasteiger partial charge in [0.15, 0.2) is 0 Å². The predicted molar refractivity (Wildman–Crippen MR) is 153 cm³/mol. The van der Waals surface area contributed by atoms with Crippen molar-refractivity contribution in [1.29, 1.82) is 0 Å². The molecule has 0 bridgehead atoms. The molecule has 0 radical (unpaired) electrons. The average molecular weight is 535 g/mol. The zero-order chi connectivity index (χ0) is 27.2. The molecule has 0 spiro atoms. The van der Waals surface area contributed by atoms with Gasteiger partial charge in [0, 0.05) is 29.0 Å². The zero-order valence-electron chi connectivity index (χ0n) is 23.2. The quantitative estimate of drug-likeness (QED) is 0.488. The molecule has 7 atom stereocenters. The van der Waals surface area contributed by atoms with E-state index in [0.717, 1.165) is 34.8 Å². The summed E-state index contributed by atoms with van der Waals surface area (Å²) in [5.74, 6) is 0.246. The van der Waals surface area contributed by atoms with Gasteiger partial charge in [-0.15, -0.1) is 0 Å². The normalized spacial score (nSPS) is 37.7. The van der Waals surface area contributed by atoms with Crippen molar-refractivity contribution in [2.45, 2.75) is 76.9 Å². The first-order valence-electron chi connectivity index (χ1n) is 13.8. The van der Waals surface area contributed by atoms with Crippen LogP contribution in [0.4, 0.5) is 0 Å². The van der Waals surface area contributed by atoms with Crippen molar-refractivity contribution in [3.63, 3.8) is 0 Å². The molecule has 6 rings (SSSR count). The van der Waals surface area contributed by atoms with Gasteiger partial charge >= 0.3 is 0 Å². The maximum atomic E-state index is 11.3. The van der Waals surface area contributed by atoms with Crippen molar-refractivity contribution < 1.29 is 14.9 Å². The second-order valence-electron chi connectivity index (χ2n) is 12.7. The van der Waals surface area contributed by atoms with Crippen molar-refractivity contribution in [3.05, 3.63) is 70.6 Å². The molecule has 6 heteroatoms. The van der Waals surface area contributed by atoms with Gasteiger partial charge in [0.05, 0.1) is 17.8 Å². The van der Waals surface area contributed by atoms with Crippen LogP contribution in [0.5, 0.6) is 0 Å². The molecule has 7 unspecified atom stereocenters. The molecule has 1 aromatic heterocycles. The minimum absolute atomic E-state index is 0.0820. The van der Waals surface area contributed by atoms with Gasteiger partial charge in [0.1, 0.15) is 11.3 Å². The summed E-state index contributed by atoms with van der Waals surface area (Å²) < 4.78 is 7.18. The topological polar surface area (TPSA) is 65.8 Å². The van der Waals surface area contributed by atoms with E-state index in [4.69, 9.17) is 16.3 Å². The molecule has 38 heavy (non-hydrogen) atoms. The molecule has 202 valence electrons. The van der Waals surface area contributed by atoms with Crippen LogP contribution < -0.4 is 0 Å². The molecule has 4 aliphatic rings. The van der Waals surface area contributed by atoms with Crippen molar-refractivity contribution in [3.8, 4) is 0 Å². The minimum atomic E-state index is -0.942. The van der Waals surface area contributed by atoms with Crippen LogP contribution in [0.15, 0.2) is 59.8 Å². The SMILES string of the molecule is CCC12CC(N(C)C)C(O)C(O)C1=CC1=CC(C)(C)C3(C)C(c4ccc5ccnc(Cl)c5c4)=CCC3C1O2. The summed E-state index contributed by atoms with van der Waals surface area (Å²) in [6.07, 6.45) is 9.13. The Morgan fingerprint density at radius 1 is 1.16 bits per heavy atom. The smallest absolute Gasteiger partial charge is 0.136 e. The number of ether oxygens (including phenoxy) is 1. The van der Waals surface area contributed by atoms with Crippen LogP contribution in [0.2, 0.25) is 5.15 Å². The molecule has 1 aliphatic heterocycles. The van der Waals surface area contributed by atoms with Crippen LogP contribution in [-0.4, -0.2) is 64.1 Å². The van der Waals surface area contributed by atoms with Gasteiger partial charge in [-0.05, 0) is 78.6 Å². The highest BCUT2D eigenvalue weighted by atomic mass is 35.5. The summed E-state index contributed by atoms with van der Waals surface area (Å²) in [5.41, 5.74) is 3.54. The molecule has 3 aliphatic carbocycles. The zero-order valence-corrected chi connectivity index (χ0v) is 24.0. The Hall–Kier alpha value is -2.02. The Morgan fingerprint density at radius 2 is 1.92 bits per heavy atom. The largest absolute Gasteiger partial charge is 0.388 e. The highest BCUT2D eigenvalue weighted by molar-refractivity contribution is 6.34. The number of benzene rings is 1. The monoisotopic (exact) mass is 534 g/mol. The fourth-order valence-electron chi connectivity index (χ4n) is 7.93. The predicted octanol–water partition coefficient (Wildman–Crippen LogP) is 5.79. The molecule has 2 heterocycles. The third kappa shape index (κ3) is 3.49. The first-order chi connectivity index (χ1) is 17.9. The Balaban J connectivity index is 1.45. The Labute approximate surface area is 230 Å². The number of pyridine rings is 1. The molecule has 0 amide bonds. The van der Waals surface area contributed by atoms with Gasteiger partial charge in [0.25, 0.3) is 0 Å². The summed E-state index contributed by atoms with van der Waals surface area (Å²) in [4.78, 5) is 6.32. The Bertz CT molecular complexity index is 1390. The van der Waals surface area contributed by atoms with E-state index in [1.54, 1.807) is 6.20 Å². The molecule has 1 fully saturated rings. The maximum Gasteiger partial charge on any atom is 0.136 e. The standard InChI is InChI=1S/C32H39ClN2O3/c1-7-32-17-25(35(5)6)27(37)26(36)24(32)15-20-16-30(2,3)31(4)22(10-11-23(31)28(20)38-32)19-9-8-18-12-13-34-29(33)21(18)14-19/h8-10,12-16,23,25-28,36-37H,7,11,17H2,1-6H3. The van der Waals surface area contributed by atoms with E-state index in [2.05, 4.69) is 69.1 Å². The number of nitrogens with zero attached hydrogens (tertiary/aromatic N) is 2. The molecule has 1 aromatic carbocycles. The van der Waals surface area contributed by atoms with Crippen LogP contribution >= 0.6 is 11.6 Å². The van der Waals surface area contributed by atoms with E-state index < -0.39 is 17.8 Å². The summed E-state index contributed by atoms with van der Waals surface area (Å²) >= 11 is 6.50. The average Bonchev–Trinajstić information content (AvgIpc) is 3.25. The summed E-state index contributed by atoms with van der Waals surface area (Å²) in [7, 11) is 3.93. The van der Waals surface area contributed by atoms with Gasteiger partial charge < -0.3 is 19.8 Å². The van der Waals surface area contributed by atoms with Gasteiger partial charge in [-0.1, -0.05) is 69.7 Å². The van der Waals surface area contributed by atoms with Crippen molar-refractivity contribution in [2.24, 2.45) is 16.7 Å². The second kappa shape index (κ2) is 8.74. The van der Waals surface area contributed by atoms with Crippen molar-refractivity contribution in [2.75, 3.05) is 14.1 Å². The van der Waals surface area contributed by atoms with E-state index in [0.29, 0.717) is 11.6 Å². The number of likely N-dealkylation sites (N-methyl/N-ethyl adjacent to an activating group) is 1. The number of allylic oxidation sites excluding steroid dienone is 3. The van der Waals surface area contributed by atoms with Gasteiger partial charge in [-0.25, -0.2) is 4.98 Å². The number of hydrogen-bond donors (Lipinski definition) is 2. The lowest BCUT2D eigenvalue weighted by Gasteiger charge is -2.58. The number of fused-ring (bicyclic) bond motifs is 5. The van der Waals surface area contributed by atoms with Crippen LogP contribution in [0.3, 0.4) is 0 Å². The van der Waals surface area contributed by atoms with Gasteiger partial charge in [-0.3, -0.25) is 0 Å². The van der Waals surface area contributed by atoms with Crippen LogP contribution in [0.25, 0.3) is 16.3 Å². The summed E-state index contributed by atoms with van der Waals surface area (Å²) in [5, 5.41) is 24.8. The fourth-order valence-corrected chi connectivity index (χ4v) is 8.15. The third-order valence-electron chi connectivity index (χ3n) is 10.5. The number of aliphatic hydroxyl groups excluding tert-OH is 2. The molecule has 2 aromatic rings. The third-order valence-corrected chi connectivity index (χ3v) is 10.8. The molecular weight excluding hydrogens is 496 g/mol. The van der Waals surface area contributed by atoms with Crippen LogP contribution in [0.1, 0.15) is 52.5 Å². The first kappa shape index (κ1) is 26.2.